The Morgan fingerprint density at radius 1 is 1.33 bits per heavy atom. The van der Waals surface area contributed by atoms with Gasteiger partial charge >= 0.3 is 0 Å². The largest absolute Gasteiger partial charge is 0.482 e. The number of nitrogens with one attached hydrogen (secondary N) is 4. The lowest BCUT2D eigenvalue weighted by Crippen LogP contribution is -2.26. The van der Waals surface area contributed by atoms with Crippen LogP contribution in [-0.2, 0) is 28.7 Å². The van der Waals surface area contributed by atoms with Gasteiger partial charge in [0.05, 0.1) is 16.7 Å². The van der Waals surface area contributed by atoms with Crippen molar-refractivity contribution in [2.75, 3.05) is 11.9 Å². The summed E-state index contributed by atoms with van der Waals surface area (Å²) in [5, 5.41) is 6.26. The van der Waals surface area contributed by atoms with Crippen LogP contribution < -0.4 is 20.1 Å². The SMILES string of the molecule is O=C1COc2ccc(CNC(=O)c3ncnc4c(C/C(S)=C/C=C5\NS5=O)c[nH]c34)cc2N1. The van der Waals surface area contributed by atoms with Crippen LogP contribution in [0.2, 0.25) is 0 Å². The first-order valence-corrected chi connectivity index (χ1v) is 11.5. The average Bonchev–Trinajstić information content (AvgIpc) is 3.38. The zero-order chi connectivity index (χ0) is 22.9. The number of carbonyl (C=O) groups excluding carboxylic acids is 2. The molecule has 2 aliphatic rings. The molecular weight excluding hydrogens is 464 g/mol. The van der Waals surface area contributed by atoms with Gasteiger partial charge in [0.15, 0.2) is 23.3 Å². The van der Waals surface area contributed by atoms with Crippen LogP contribution in [0.3, 0.4) is 0 Å². The number of thiol groups is 1. The van der Waals surface area contributed by atoms with Gasteiger partial charge < -0.3 is 20.4 Å². The van der Waals surface area contributed by atoms with Crippen molar-refractivity contribution in [3.8, 4) is 5.75 Å². The molecule has 1 atom stereocenters. The van der Waals surface area contributed by atoms with Crippen molar-refractivity contribution in [3.63, 3.8) is 0 Å². The van der Waals surface area contributed by atoms with Crippen LogP contribution in [-0.4, -0.2) is 37.6 Å². The number of allylic oxidation sites excluding steroid dienone is 3. The van der Waals surface area contributed by atoms with E-state index in [0.29, 0.717) is 33.9 Å². The summed E-state index contributed by atoms with van der Waals surface area (Å²) in [5.41, 5.74) is 3.62. The van der Waals surface area contributed by atoms with Crippen LogP contribution in [0.15, 0.2) is 52.8 Å². The number of carbonyl (C=O) groups is 2. The van der Waals surface area contributed by atoms with E-state index < -0.39 is 11.0 Å². The number of ether oxygens (including phenoxy) is 1. The topological polar surface area (TPSA) is 148 Å². The van der Waals surface area contributed by atoms with Crippen LogP contribution in [0.1, 0.15) is 21.6 Å². The number of amides is 2. The van der Waals surface area contributed by atoms with Gasteiger partial charge in [-0.2, -0.15) is 0 Å². The Morgan fingerprint density at radius 3 is 3.00 bits per heavy atom. The number of fused-ring (bicyclic) bond motifs is 2. The average molecular weight is 483 g/mol. The molecule has 0 bridgehead atoms. The number of nitrogens with zero attached hydrogens (tertiary/aromatic N) is 2. The highest BCUT2D eigenvalue weighted by Crippen LogP contribution is 2.28. The Kier molecular flexibility index (Phi) is 5.60. The van der Waals surface area contributed by atoms with Crippen LogP contribution >= 0.6 is 12.6 Å². The highest BCUT2D eigenvalue weighted by Gasteiger charge is 2.21. The Morgan fingerprint density at radius 2 is 2.18 bits per heavy atom. The summed E-state index contributed by atoms with van der Waals surface area (Å²) in [6, 6.07) is 5.34. The number of H-pyrrole nitrogens is 1. The summed E-state index contributed by atoms with van der Waals surface area (Å²) >= 11 is 4.47. The molecule has 2 aromatic heterocycles. The number of benzene rings is 1. The Labute approximate surface area is 195 Å². The van der Waals surface area contributed by atoms with E-state index in [0.717, 1.165) is 16.0 Å². The fourth-order valence-electron chi connectivity index (χ4n) is 3.40. The van der Waals surface area contributed by atoms with Crippen molar-refractivity contribution < 1.29 is 18.5 Å². The third kappa shape index (κ3) is 4.61. The second-order valence-electron chi connectivity index (χ2n) is 7.35. The molecule has 4 heterocycles. The molecule has 10 nitrogen and oxygen atoms in total. The van der Waals surface area contributed by atoms with Gasteiger partial charge in [-0.1, -0.05) is 6.07 Å². The smallest absolute Gasteiger partial charge is 0.272 e. The van der Waals surface area contributed by atoms with Gasteiger partial charge in [0.1, 0.15) is 17.1 Å². The van der Waals surface area contributed by atoms with Crippen molar-refractivity contribution in [2.24, 2.45) is 0 Å². The molecule has 168 valence electrons. The predicted octanol–water partition coefficient (Wildman–Crippen LogP) is 1.68. The van der Waals surface area contributed by atoms with Gasteiger partial charge in [0, 0.05) is 24.7 Å². The van der Waals surface area contributed by atoms with E-state index in [1.165, 1.54) is 6.33 Å². The molecule has 3 aromatic rings. The third-order valence-electron chi connectivity index (χ3n) is 5.04. The summed E-state index contributed by atoms with van der Waals surface area (Å²) in [5.74, 6) is 0.0173. The highest BCUT2D eigenvalue weighted by atomic mass is 32.2. The molecule has 0 spiro atoms. The van der Waals surface area contributed by atoms with E-state index in [2.05, 4.69) is 42.9 Å². The molecule has 1 fully saturated rings. The van der Waals surface area contributed by atoms with E-state index in [9.17, 15) is 13.8 Å². The molecular formula is C21H18N6O4S2. The molecule has 5 rings (SSSR count). The number of hydrogen-bond acceptors (Lipinski definition) is 7. The van der Waals surface area contributed by atoms with Crippen molar-refractivity contribution >= 4 is 52.1 Å². The quantitative estimate of drug-likeness (QED) is 0.267. The molecule has 1 saturated heterocycles. The van der Waals surface area contributed by atoms with E-state index in [-0.39, 0.29) is 30.7 Å². The van der Waals surface area contributed by atoms with Gasteiger partial charge in [0.2, 0.25) is 0 Å². The van der Waals surface area contributed by atoms with E-state index in [4.69, 9.17) is 4.74 Å². The lowest BCUT2D eigenvalue weighted by Gasteiger charge is -2.18. The van der Waals surface area contributed by atoms with Crippen molar-refractivity contribution in [1.82, 2.24) is 25.0 Å². The minimum absolute atomic E-state index is 0.00864. The second kappa shape index (κ2) is 8.71. The molecule has 33 heavy (non-hydrogen) atoms. The monoisotopic (exact) mass is 482 g/mol. The van der Waals surface area contributed by atoms with E-state index in [1.807, 2.05) is 6.07 Å². The fourth-order valence-corrected chi connectivity index (χ4v) is 4.15. The summed E-state index contributed by atoms with van der Waals surface area (Å²) < 4.78 is 19.2. The van der Waals surface area contributed by atoms with Crippen LogP contribution in [0.25, 0.3) is 11.0 Å². The number of rotatable bonds is 6. The minimum Gasteiger partial charge on any atom is -0.482 e. The molecule has 1 aromatic carbocycles. The summed E-state index contributed by atoms with van der Waals surface area (Å²) in [6.45, 7) is 0.236. The molecule has 4 N–H and O–H groups in total. The number of aromatic nitrogens is 3. The summed E-state index contributed by atoms with van der Waals surface area (Å²) in [7, 11) is -1.07. The maximum atomic E-state index is 12.8. The first kappa shape index (κ1) is 21.2. The summed E-state index contributed by atoms with van der Waals surface area (Å²) in [6.07, 6.45) is 7.10. The molecule has 0 saturated carbocycles. The van der Waals surface area contributed by atoms with Crippen LogP contribution in [0, 0.1) is 0 Å². The Bertz CT molecular complexity index is 1380. The number of hydrogen-bond donors (Lipinski definition) is 5. The fraction of sp³-hybridized carbons (Fsp3) is 0.143. The second-order valence-corrected chi connectivity index (χ2v) is 9.10. The molecule has 12 heteroatoms. The summed E-state index contributed by atoms with van der Waals surface area (Å²) in [4.78, 5) is 36.7. The lowest BCUT2D eigenvalue weighted by atomic mass is 10.1. The minimum atomic E-state index is -1.07. The predicted molar refractivity (Wildman–Crippen MR) is 126 cm³/mol. The van der Waals surface area contributed by atoms with Crippen molar-refractivity contribution in [3.05, 3.63) is 69.6 Å². The first-order chi connectivity index (χ1) is 16.0. The maximum Gasteiger partial charge on any atom is 0.272 e. The van der Waals surface area contributed by atoms with Crippen LogP contribution in [0.5, 0.6) is 5.75 Å². The molecule has 2 aliphatic heterocycles. The lowest BCUT2D eigenvalue weighted by molar-refractivity contribution is -0.118. The van der Waals surface area contributed by atoms with E-state index in [1.54, 1.807) is 30.5 Å². The van der Waals surface area contributed by atoms with Gasteiger partial charge in [0.25, 0.3) is 11.8 Å². The molecule has 1 unspecified atom stereocenters. The standard InChI is InChI=1S/C21H18N6O4S2/c28-16-9-31-15-3-1-11(5-14(15)26-16)7-23-21(29)20-19-18(24-10-25-20)12(8-22-19)6-13(32)2-4-17-27-33(17)30/h1-5,8,10,22,27,32H,6-7,9H2,(H,23,29)(H,26,28)/b13-2-,17-4+. The van der Waals surface area contributed by atoms with Gasteiger partial charge in [-0.3, -0.25) is 14.3 Å². The zero-order valence-corrected chi connectivity index (χ0v) is 18.8. The Hall–Kier alpha value is -3.64. The maximum absolute atomic E-state index is 12.8. The van der Waals surface area contributed by atoms with Crippen LogP contribution in [0.4, 0.5) is 5.69 Å². The Balaban J connectivity index is 1.30. The molecule has 0 aliphatic carbocycles. The van der Waals surface area contributed by atoms with E-state index >= 15 is 0 Å². The van der Waals surface area contributed by atoms with Gasteiger partial charge in [-0.05, 0) is 34.8 Å². The van der Waals surface area contributed by atoms with Crippen molar-refractivity contribution in [1.29, 1.82) is 0 Å². The van der Waals surface area contributed by atoms with Gasteiger partial charge in [-0.25, -0.2) is 14.2 Å². The zero-order valence-electron chi connectivity index (χ0n) is 17.0. The first-order valence-electron chi connectivity index (χ1n) is 9.91. The molecule has 0 radical (unpaired) electrons. The van der Waals surface area contributed by atoms with Gasteiger partial charge in [-0.15, -0.1) is 12.6 Å². The number of aromatic amines is 1. The highest BCUT2D eigenvalue weighted by molar-refractivity contribution is 7.94. The normalized spacial score (nSPS) is 18.3. The van der Waals surface area contributed by atoms with Crippen molar-refractivity contribution in [2.45, 2.75) is 13.0 Å². The third-order valence-corrected chi connectivity index (χ3v) is 6.18. The molecule has 2 amide bonds. The number of anilines is 1.